The van der Waals surface area contributed by atoms with E-state index in [9.17, 15) is 0 Å². The summed E-state index contributed by atoms with van der Waals surface area (Å²) in [6, 6.07) is 19.2. The fourth-order valence-corrected chi connectivity index (χ4v) is 8.06. The molecular weight excluding hydrogens is 415 g/mol. The normalized spacial score (nSPS) is 40.1. The van der Waals surface area contributed by atoms with Crippen molar-refractivity contribution in [1.29, 1.82) is 0 Å². The van der Waals surface area contributed by atoms with Gasteiger partial charge in [-0.2, -0.15) is 0 Å². The van der Waals surface area contributed by atoms with Crippen LogP contribution in [-0.4, -0.2) is 4.43 Å². The third kappa shape index (κ3) is 1.89. The van der Waals surface area contributed by atoms with Gasteiger partial charge < -0.3 is 0 Å². The zero-order chi connectivity index (χ0) is 16.6. The molecule has 2 aromatic carbocycles. The minimum absolute atomic E-state index is 0.465. The van der Waals surface area contributed by atoms with E-state index in [1.807, 2.05) is 0 Å². The molecule has 0 bridgehead atoms. The second-order valence-corrected chi connectivity index (χ2v) is 9.69. The number of alkyl halides is 1. The van der Waals surface area contributed by atoms with Crippen molar-refractivity contribution < 1.29 is 0 Å². The van der Waals surface area contributed by atoms with E-state index in [-0.39, 0.29) is 0 Å². The van der Waals surface area contributed by atoms with Crippen molar-refractivity contribution in [2.45, 2.75) is 55.3 Å². The maximum atomic E-state index is 2.63. The Morgan fingerprint density at radius 1 is 0.840 bits per heavy atom. The fraction of sp³-hybridized carbons (Fsp3) is 0.500. The highest BCUT2D eigenvalue weighted by atomic mass is 127. The summed E-state index contributed by atoms with van der Waals surface area (Å²) in [5, 5.41) is 0. The molecule has 0 nitrogen and oxygen atoms in total. The summed E-state index contributed by atoms with van der Waals surface area (Å²) in [7, 11) is 0. The first kappa shape index (κ1) is 15.2. The van der Waals surface area contributed by atoms with Gasteiger partial charge in [0.15, 0.2) is 0 Å². The summed E-state index contributed by atoms with van der Waals surface area (Å²) in [5.74, 6) is 4.08. The van der Waals surface area contributed by atoms with Crippen LogP contribution in [0.25, 0.3) is 0 Å². The van der Waals surface area contributed by atoms with Crippen molar-refractivity contribution in [2.75, 3.05) is 4.43 Å². The highest BCUT2D eigenvalue weighted by molar-refractivity contribution is 14.1. The molecule has 3 saturated carbocycles. The topological polar surface area (TPSA) is 0 Å². The number of hydrogen-bond donors (Lipinski definition) is 0. The highest BCUT2D eigenvalue weighted by Gasteiger charge is 2.68. The smallest absolute Gasteiger partial charge is 0.00619 e. The van der Waals surface area contributed by atoms with E-state index in [1.54, 1.807) is 22.3 Å². The summed E-state index contributed by atoms with van der Waals surface area (Å²) in [6.07, 6.45) is 7.17. The molecule has 2 aromatic rings. The van der Waals surface area contributed by atoms with Crippen LogP contribution in [-0.2, 0) is 5.41 Å². The van der Waals surface area contributed by atoms with E-state index in [0.29, 0.717) is 5.41 Å². The van der Waals surface area contributed by atoms with E-state index in [2.05, 4.69) is 71.1 Å². The van der Waals surface area contributed by atoms with Crippen LogP contribution in [0.1, 0.15) is 72.1 Å². The molecule has 6 rings (SSSR count). The van der Waals surface area contributed by atoms with Gasteiger partial charge in [-0.3, -0.25) is 0 Å². The molecule has 0 amide bonds. The number of benzene rings is 2. The van der Waals surface area contributed by atoms with Gasteiger partial charge in [0.2, 0.25) is 0 Å². The summed E-state index contributed by atoms with van der Waals surface area (Å²) in [4.78, 5) is 0. The maximum absolute atomic E-state index is 2.63. The van der Waals surface area contributed by atoms with Crippen LogP contribution in [0.4, 0.5) is 0 Å². The molecule has 25 heavy (non-hydrogen) atoms. The molecule has 0 aliphatic heterocycles. The van der Waals surface area contributed by atoms with Crippen molar-refractivity contribution in [3.05, 3.63) is 70.8 Å². The van der Waals surface area contributed by atoms with Gasteiger partial charge in [0.25, 0.3) is 0 Å². The monoisotopic (exact) mass is 440 g/mol. The predicted octanol–water partition coefficient (Wildman–Crippen LogP) is 6.55. The summed E-state index contributed by atoms with van der Waals surface area (Å²) in [5.41, 5.74) is 7.38. The van der Waals surface area contributed by atoms with Crippen LogP contribution >= 0.6 is 22.6 Å². The quantitative estimate of drug-likeness (QED) is 0.349. The highest BCUT2D eigenvalue weighted by Crippen LogP contribution is 2.76. The van der Waals surface area contributed by atoms with Crippen molar-refractivity contribution in [1.82, 2.24) is 0 Å². The lowest BCUT2D eigenvalue weighted by Crippen LogP contribution is -2.15. The Balaban J connectivity index is 1.61. The van der Waals surface area contributed by atoms with Crippen molar-refractivity contribution in [3.63, 3.8) is 0 Å². The second-order valence-electron chi connectivity index (χ2n) is 8.81. The van der Waals surface area contributed by atoms with Crippen molar-refractivity contribution >= 4 is 22.6 Å². The fourth-order valence-electron chi connectivity index (χ4n) is 6.96. The van der Waals surface area contributed by atoms with Crippen molar-refractivity contribution in [2.24, 2.45) is 11.8 Å². The Morgan fingerprint density at radius 3 is 2.40 bits per heavy atom. The van der Waals surface area contributed by atoms with E-state index in [4.69, 9.17) is 0 Å². The third-order valence-corrected chi connectivity index (χ3v) is 8.99. The summed E-state index contributed by atoms with van der Waals surface area (Å²) >= 11 is 2.63. The van der Waals surface area contributed by atoms with E-state index in [1.165, 1.54) is 36.5 Å². The molecule has 128 valence electrons. The second kappa shape index (κ2) is 5.34. The van der Waals surface area contributed by atoms with Gasteiger partial charge in [-0.15, -0.1) is 0 Å². The number of rotatable bonds is 1. The first-order valence-electron chi connectivity index (χ1n) is 10.1. The lowest BCUT2D eigenvalue weighted by atomic mass is 9.79. The van der Waals surface area contributed by atoms with Gasteiger partial charge in [0, 0.05) is 9.84 Å². The lowest BCUT2D eigenvalue weighted by molar-refractivity contribution is 0.546. The summed E-state index contributed by atoms with van der Waals surface area (Å²) < 4.78 is 1.29. The van der Waals surface area contributed by atoms with E-state index < -0.39 is 0 Å². The Labute approximate surface area is 164 Å². The first-order chi connectivity index (χ1) is 12.4. The zero-order valence-corrected chi connectivity index (χ0v) is 16.8. The van der Waals surface area contributed by atoms with Gasteiger partial charge in [-0.25, -0.2) is 0 Å². The van der Waals surface area contributed by atoms with Gasteiger partial charge >= 0.3 is 0 Å². The molecule has 0 radical (unpaired) electrons. The van der Waals surface area contributed by atoms with E-state index in [0.717, 1.165) is 29.6 Å². The van der Waals surface area contributed by atoms with Gasteiger partial charge in [-0.05, 0) is 64.7 Å². The SMILES string of the molecule is ICC1C2c3ccccc3[C@H]3C4CCCCCC43c3ccccc3C12. The molecule has 5 unspecified atom stereocenters. The molecule has 1 spiro atoms. The number of fused-ring (bicyclic) bond motifs is 7. The molecule has 4 aliphatic carbocycles. The summed E-state index contributed by atoms with van der Waals surface area (Å²) in [6.45, 7) is 0. The molecule has 1 heteroatoms. The molecule has 3 fully saturated rings. The van der Waals surface area contributed by atoms with Crippen LogP contribution < -0.4 is 0 Å². The molecule has 6 atom stereocenters. The van der Waals surface area contributed by atoms with E-state index >= 15 is 0 Å². The molecule has 0 aromatic heterocycles. The average molecular weight is 440 g/mol. The van der Waals surface area contributed by atoms with Gasteiger partial charge in [0.05, 0.1) is 0 Å². The Hall–Kier alpha value is -0.830. The Morgan fingerprint density at radius 2 is 1.56 bits per heavy atom. The molecule has 0 N–H and O–H groups in total. The van der Waals surface area contributed by atoms with Crippen LogP contribution in [0.15, 0.2) is 48.5 Å². The lowest BCUT2D eigenvalue weighted by Gasteiger charge is -2.25. The Bertz CT molecular complexity index is 839. The van der Waals surface area contributed by atoms with Crippen LogP contribution in [0, 0.1) is 11.8 Å². The first-order valence-corrected chi connectivity index (χ1v) is 11.6. The molecule has 0 saturated heterocycles. The third-order valence-electron chi connectivity index (χ3n) is 7.97. The minimum Gasteiger partial charge on any atom is -0.0860 e. The zero-order valence-electron chi connectivity index (χ0n) is 14.6. The number of halogens is 1. The molecule has 0 heterocycles. The van der Waals surface area contributed by atoms with Crippen LogP contribution in [0.2, 0.25) is 0 Å². The largest absolute Gasteiger partial charge is 0.0860 e. The predicted molar refractivity (Wildman–Crippen MR) is 112 cm³/mol. The number of hydrogen-bond acceptors (Lipinski definition) is 0. The van der Waals surface area contributed by atoms with Gasteiger partial charge in [0.1, 0.15) is 0 Å². The standard InChI is InChI=1S/C24H25I/c25-14-18-21-15-8-3-4-9-16(15)23-20-12-2-1-7-13-24(20,23)19-11-6-5-10-17(19)22(18)21/h3-6,8-11,18,20-23H,1-2,7,12-14H2/t18?,20?,21?,22?,23-,24?/m0/s1. The van der Waals surface area contributed by atoms with Crippen LogP contribution in [0.5, 0.6) is 0 Å². The van der Waals surface area contributed by atoms with Gasteiger partial charge in [-0.1, -0.05) is 90.4 Å². The minimum atomic E-state index is 0.465. The average Bonchev–Trinajstić information content (AvgIpc) is 3.52. The van der Waals surface area contributed by atoms with Crippen molar-refractivity contribution in [3.8, 4) is 0 Å². The molecule has 4 aliphatic rings. The Kier molecular flexibility index (Phi) is 3.26. The molecular formula is C24H25I. The maximum Gasteiger partial charge on any atom is 0.00619 e. The van der Waals surface area contributed by atoms with Crippen LogP contribution in [0.3, 0.4) is 0 Å².